The van der Waals surface area contributed by atoms with Gasteiger partial charge in [-0.15, -0.1) is 0 Å². The van der Waals surface area contributed by atoms with Gasteiger partial charge in [0, 0.05) is 19.4 Å². The number of ether oxygens (including phenoxy) is 2. The average Bonchev–Trinajstić information content (AvgIpc) is 3.24. The van der Waals surface area contributed by atoms with E-state index >= 15 is 0 Å². The van der Waals surface area contributed by atoms with Crippen molar-refractivity contribution < 1.29 is 37.6 Å². The number of carbonyl (C=O) groups is 2. The predicted molar refractivity (Wildman–Crippen MR) is 252 cm³/mol. The Balaban J connectivity index is 4.16. The first-order valence-electron chi connectivity index (χ1n) is 23.6. The molecular formula is C50H86NO8P. The third-order valence-electron chi connectivity index (χ3n) is 9.52. The summed E-state index contributed by atoms with van der Waals surface area (Å²) in [5, 5.41) is 0. The van der Waals surface area contributed by atoms with E-state index in [2.05, 4.69) is 98.9 Å². The molecule has 0 bridgehead atoms. The summed E-state index contributed by atoms with van der Waals surface area (Å²) in [5.74, 6) is -0.863. The third kappa shape index (κ3) is 44.7. The van der Waals surface area contributed by atoms with Gasteiger partial charge in [0.1, 0.15) is 6.61 Å². The second kappa shape index (κ2) is 45.7. The number of phosphoric ester groups is 1. The summed E-state index contributed by atoms with van der Waals surface area (Å²) in [6, 6.07) is 0. The van der Waals surface area contributed by atoms with Crippen LogP contribution in [0, 0.1) is 0 Å². The number of esters is 2. The minimum Gasteiger partial charge on any atom is -0.462 e. The molecule has 0 spiro atoms. The van der Waals surface area contributed by atoms with Gasteiger partial charge in [-0.3, -0.25) is 18.6 Å². The first-order chi connectivity index (χ1) is 29.3. The van der Waals surface area contributed by atoms with Crippen molar-refractivity contribution in [2.45, 2.75) is 193 Å². The lowest BCUT2D eigenvalue weighted by atomic mass is 10.1. The SMILES string of the molecule is CC/C=C\C/C=C\C/C=C\C/C=C\C/C=C\CCCCCCCCCC(=O)OC(COC(=O)CCCCCCC/C=C\C/C=C\CCCCCC)COP(=O)(O)OCCN. The van der Waals surface area contributed by atoms with Crippen LogP contribution < -0.4 is 5.73 Å². The number of allylic oxidation sites excluding steroid dienone is 14. The van der Waals surface area contributed by atoms with E-state index in [9.17, 15) is 19.0 Å². The molecule has 0 radical (unpaired) electrons. The van der Waals surface area contributed by atoms with Crippen molar-refractivity contribution in [3.8, 4) is 0 Å². The molecule has 10 heteroatoms. The maximum Gasteiger partial charge on any atom is 0.472 e. The van der Waals surface area contributed by atoms with Gasteiger partial charge in [0.15, 0.2) is 6.10 Å². The molecule has 0 saturated heterocycles. The number of unbranched alkanes of at least 4 members (excludes halogenated alkanes) is 16. The van der Waals surface area contributed by atoms with Gasteiger partial charge in [-0.05, 0) is 89.9 Å². The van der Waals surface area contributed by atoms with Crippen LogP contribution >= 0.6 is 7.82 Å². The van der Waals surface area contributed by atoms with Crippen LogP contribution in [-0.2, 0) is 32.7 Å². The molecule has 0 fully saturated rings. The van der Waals surface area contributed by atoms with Crippen LogP contribution in [0.15, 0.2) is 85.1 Å². The van der Waals surface area contributed by atoms with Crippen LogP contribution in [0.4, 0.5) is 0 Å². The molecule has 0 rings (SSSR count). The molecule has 0 aromatic heterocycles. The van der Waals surface area contributed by atoms with Crippen LogP contribution in [0.2, 0.25) is 0 Å². The number of phosphoric acid groups is 1. The zero-order valence-corrected chi connectivity index (χ0v) is 38.8. The van der Waals surface area contributed by atoms with Crippen LogP contribution in [0.25, 0.3) is 0 Å². The monoisotopic (exact) mass is 860 g/mol. The Morgan fingerprint density at radius 3 is 1.37 bits per heavy atom. The highest BCUT2D eigenvalue weighted by atomic mass is 31.2. The summed E-state index contributed by atoms with van der Waals surface area (Å²) in [6.45, 7) is 3.56. The van der Waals surface area contributed by atoms with Crippen LogP contribution in [-0.4, -0.2) is 49.3 Å². The molecule has 344 valence electrons. The molecule has 2 atom stereocenters. The predicted octanol–water partition coefficient (Wildman–Crippen LogP) is 14.0. The zero-order valence-electron chi connectivity index (χ0n) is 37.9. The van der Waals surface area contributed by atoms with E-state index < -0.39 is 32.5 Å². The van der Waals surface area contributed by atoms with Crippen molar-refractivity contribution in [2.75, 3.05) is 26.4 Å². The maximum atomic E-state index is 12.6. The Morgan fingerprint density at radius 1 is 0.517 bits per heavy atom. The van der Waals surface area contributed by atoms with E-state index in [1.807, 2.05) is 0 Å². The third-order valence-corrected chi connectivity index (χ3v) is 10.5. The quantitative estimate of drug-likeness (QED) is 0.0266. The first kappa shape index (κ1) is 57.2. The summed E-state index contributed by atoms with van der Waals surface area (Å²) >= 11 is 0. The van der Waals surface area contributed by atoms with E-state index in [1.165, 1.54) is 51.4 Å². The molecule has 0 saturated carbocycles. The van der Waals surface area contributed by atoms with Gasteiger partial charge in [0.05, 0.1) is 13.2 Å². The van der Waals surface area contributed by atoms with Gasteiger partial charge in [0.25, 0.3) is 0 Å². The largest absolute Gasteiger partial charge is 0.472 e. The number of hydrogen-bond acceptors (Lipinski definition) is 8. The molecule has 2 unspecified atom stereocenters. The lowest BCUT2D eigenvalue weighted by Crippen LogP contribution is -2.29. The minimum atomic E-state index is -4.39. The second-order valence-electron chi connectivity index (χ2n) is 15.2. The fraction of sp³-hybridized carbons (Fsp3) is 0.680. The van der Waals surface area contributed by atoms with Gasteiger partial charge >= 0.3 is 19.8 Å². The van der Waals surface area contributed by atoms with E-state index in [4.69, 9.17) is 24.3 Å². The van der Waals surface area contributed by atoms with Gasteiger partial charge in [-0.1, -0.05) is 170 Å². The fourth-order valence-electron chi connectivity index (χ4n) is 6.04. The van der Waals surface area contributed by atoms with Crippen molar-refractivity contribution in [2.24, 2.45) is 5.73 Å². The summed E-state index contributed by atoms with van der Waals surface area (Å²) in [4.78, 5) is 35.0. The van der Waals surface area contributed by atoms with Crippen LogP contribution in [0.5, 0.6) is 0 Å². The number of carbonyl (C=O) groups excluding carboxylic acids is 2. The average molecular weight is 860 g/mol. The number of nitrogens with two attached hydrogens (primary N) is 1. The standard InChI is InChI=1S/C50H86NO8P/c1-3-5-7-9-11-13-15-17-19-21-22-23-24-25-26-27-29-31-33-35-37-39-41-43-50(53)59-48(47-58-60(54,55)57-45-44-51)46-56-49(52)42-40-38-36-34-32-30-28-20-18-16-14-12-10-8-6-4-2/h5,7,11,13-14,16-17,19-20,22-23,25-26,28,48H,3-4,6,8-10,12,15,18,21,24,27,29-47,51H2,1-2H3,(H,54,55)/b7-5-,13-11-,16-14-,19-17-,23-22-,26-25-,28-20-. The van der Waals surface area contributed by atoms with E-state index in [-0.39, 0.29) is 32.6 Å². The molecule has 0 heterocycles. The lowest BCUT2D eigenvalue weighted by molar-refractivity contribution is -0.161. The Hall–Kier alpha value is -2.81. The maximum absolute atomic E-state index is 12.6. The summed E-state index contributed by atoms with van der Waals surface area (Å²) in [6.07, 6.45) is 57.5. The van der Waals surface area contributed by atoms with Gasteiger partial charge in [0.2, 0.25) is 0 Å². The molecule has 0 aromatic rings. The van der Waals surface area contributed by atoms with E-state index in [0.29, 0.717) is 12.8 Å². The van der Waals surface area contributed by atoms with E-state index in [1.54, 1.807) is 0 Å². The van der Waals surface area contributed by atoms with Gasteiger partial charge in [-0.25, -0.2) is 4.57 Å². The lowest BCUT2D eigenvalue weighted by Gasteiger charge is -2.19. The van der Waals surface area contributed by atoms with Crippen molar-refractivity contribution >= 4 is 19.8 Å². The highest BCUT2D eigenvalue weighted by Crippen LogP contribution is 2.43. The molecule has 3 N–H and O–H groups in total. The first-order valence-corrected chi connectivity index (χ1v) is 25.1. The second-order valence-corrected chi connectivity index (χ2v) is 16.7. The molecule has 0 aromatic carbocycles. The highest BCUT2D eigenvalue weighted by Gasteiger charge is 2.26. The Morgan fingerprint density at radius 2 is 0.917 bits per heavy atom. The normalized spacial score (nSPS) is 14.0. The van der Waals surface area contributed by atoms with Crippen molar-refractivity contribution in [1.29, 1.82) is 0 Å². The number of rotatable bonds is 43. The minimum absolute atomic E-state index is 0.0449. The van der Waals surface area contributed by atoms with Crippen molar-refractivity contribution in [3.63, 3.8) is 0 Å². The summed E-state index contributed by atoms with van der Waals surface area (Å²) in [7, 11) is -4.39. The number of hydrogen-bond donors (Lipinski definition) is 2. The van der Waals surface area contributed by atoms with Crippen molar-refractivity contribution in [3.05, 3.63) is 85.1 Å². The Labute approximate surface area is 366 Å². The molecule has 0 aliphatic carbocycles. The summed E-state index contributed by atoms with van der Waals surface area (Å²) < 4.78 is 32.8. The van der Waals surface area contributed by atoms with Crippen LogP contribution in [0.1, 0.15) is 187 Å². The van der Waals surface area contributed by atoms with Crippen molar-refractivity contribution in [1.82, 2.24) is 0 Å². The highest BCUT2D eigenvalue weighted by molar-refractivity contribution is 7.47. The molecule has 0 aliphatic heterocycles. The molecule has 0 amide bonds. The van der Waals surface area contributed by atoms with Gasteiger partial charge in [-0.2, -0.15) is 0 Å². The fourth-order valence-corrected chi connectivity index (χ4v) is 6.81. The Bertz CT molecular complexity index is 1250. The molecular weight excluding hydrogens is 774 g/mol. The van der Waals surface area contributed by atoms with Crippen LogP contribution in [0.3, 0.4) is 0 Å². The Kier molecular flexibility index (Phi) is 43.6. The smallest absolute Gasteiger partial charge is 0.462 e. The summed E-state index contributed by atoms with van der Waals surface area (Å²) in [5.41, 5.74) is 5.36. The molecule has 0 aliphatic rings. The molecule has 9 nitrogen and oxygen atoms in total. The van der Waals surface area contributed by atoms with Gasteiger partial charge < -0.3 is 20.1 Å². The van der Waals surface area contributed by atoms with E-state index in [0.717, 1.165) is 96.3 Å². The topological polar surface area (TPSA) is 134 Å². The zero-order chi connectivity index (χ0) is 43.9. The molecule has 60 heavy (non-hydrogen) atoms.